The lowest BCUT2D eigenvalue weighted by Crippen LogP contribution is -2.40. The van der Waals surface area contributed by atoms with Gasteiger partial charge in [0, 0.05) is 6.54 Å². The van der Waals surface area contributed by atoms with Gasteiger partial charge in [-0.3, -0.25) is 4.90 Å². The Hall–Kier alpha value is -2.11. The molecule has 0 aliphatic rings. The van der Waals surface area contributed by atoms with Gasteiger partial charge in [0.05, 0.1) is 17.2 Å². The number of hydrogen-bond acceptors (Lipinski definition) is 2. The molecule has 23 heavy (non-hydrogen) atoms. The molecule has 0 aromatic heterocycles. The van der Waals surface area contributed by atoms with E-state index < -0.39 is 24.1 Å². The molecule has 0 fully saturated rings. The second kappa shape index (κ2) is 7.44. The summed E-state index contributed by atoms with van der Waals surface area (Å²) in [4.78, 5) is 12.7. The average molecular weight is 338 g/mol. The Balaban J connectivity index is 2.21. The molecule has 2 aromatic carbocycles. The van der Waals surface area contributed by atoms with Crippen LogP contribution in [0.25, 0.3) is 0 Å². The molecule has 0 saturated heterocycles. The number of aliphatic hydroxyl groups excluding tert-OH is 1. The SMILES string of the molecule is C[C@@H]([C@@H](O)c1ccc(F)c(Cl)c1)N(Cc1ccccc1)C(=O)O. The van der Waals surface area contributed by atoms with E-state index in [0.29, 0.717) is 5.56 Å². The van der Waals surface area contributed by atoms with E-state index in [1.54, 1.807) is 6.92 Å². The van der Waals surface area contributed by atoms with E-state index in [0.717, 1.165) is 16.5 Å². The van der Waals surface area contributed by atoms with Crippen LogP contribution in [-0.4, -0.2) is 27.2 Å². The lowest BCUT2D eigenvalue weighted by atomic mass is 10.0. The molecule has 4 nitrogen and oxygen atoms in total. The first kappa shape index (κ1) is 17.2. The van der Waals surface area contributed by atoms with E-state index in [-0.39, 0.29) is 11.6 Å². The van der Waals surface area contributed by atoms with Crippen LogP contribution in [0.15, 0.2) is 48.5 Å². The maximum Gasteiger partial charge on any atom is 0.407 e. The van der Waals surface area contributed by atoms with Crippen molar-refractivity contribution in [2.45, 2.75) is 25.6 Å². The van der Waals surface area contributed by atoms with Gasteiger partial charge in [0.1, 0.15) is 5.82 Å². The number of aliphatic hydroxyl groups is 1. The fraction of sp³-hybridized carbons (Fsp3) is 0.235. The molecule has 0 aliphatic heterocycles. The van der Waals surface area contributed by atoms with Crippen LogP contribution in [0.3, 0.4) is 0 Å². The van der Waals surface area contributed by atoms with Crippen molar-refractivity contribution in [3.05, 3.63) is 70.5 Å². The van der Waals surface area contributed by atoms with Crippen LogP contribution in [0.5, 0.6) is 0 Å². The third-order valence-corrected chi connectivity index (χ3v) is 3.96. The van der Waals surface area contributed by atoms with Gasteiger partial charge in [0.15, 0.2) is 0 Å². The Kier molecular flexibility index (Phi) is 5.58. The molecular formula is C17H17ClFNO3. The van der Waals surface area contributed by atoms with Crippen molar-refractivity contribution in [3.63, 3.8) is 0 Å². The van der Waals surface area contributed by atoms with Crippen LogP contribution >= 0.6 is 11.6 Å². The van der Waals surface area contributed by atoms with Crippen molar-refractivity contribution in [1.29, 1.82) is 0 Å². The molecule has 0 bridgehead atoms. The predicted octanol–water partition coefficient (Wildman–Crippen LogP) is 4.08. The molecule has 0 unspecified atom stereocenters. The maximum absolute atomic E-state index is 13.2. The molecule has 2 atom stereocenters. The zero-order valence-corrected chi connectivity index (χ0v) is 13.2. The average Bonchev–Trinajstić information content (AvgIpc) is 2.54. The van der Waals surface area contributed by atoms with Crippen molar-refractivity contribution in [3.8, 4) is 0 Å². The van der Waals surface area contributed by atoms with E-state index in [1.165, 1.54) is 12.1 Å². The van der Waals surface area contributed by atoms with Crippen molar-refractivity contribution < 1.29 is 19.4 Å². The summed E-state index contributed by atoms with van der Waals surface area (Å²) in [5.74, 6) is -0.588. The summed E-state index contributed by atoms with van der Waals surface area (Å²) in [6.07, 6.45) is -2.26. The number of halogens is 2. The van der Waals surface area contributed by atoms with Crippen molar-refractivity contribution in [1.82, 2.24) is 4.90 Å². The molecule has 0 radical (unpaired) electrons. The van der Waals surface area contributed by atoms with Crippen molar-refractivity contribution in [2.75, 3.05) is 0 Å². The number of carboxylic acid groups (broad SMARTS) is 1. The maximum atomic E-state index is 13.2. The van der Waals surface area contributed by atoms with Crippen molar-refractivity contribution in [2.24, 2.45) is 0 Å². The van der Waals surface area contributed by atoms with Crippen LogP contribution in [0.2, 0.25) is 5.02 Å². The molecule has 0 spiro atoms. The summed E-state index contributed by atoms with van der Waals surface area (Å²) >= 11 is 5.72. The lowest BCUT2D eigenvalue weighted by Gasteiger charge is -2.30. The number of amides is 1. The van der Waals surface area contributed by atoms with Gasteiger partial charge in [0.25, 0.3) is 0 Å². The number of carbonyl (C=O) groups is 1. The van der Waals surface area contributed by atoms with E-state index in [4.69, 9.17) is 11.6 Å². The van der Waals surface area contributed by atoms with Crippen LogP contribution in [0.4, 0.5) is 9.18 Å². The van der Waals surface area contributed by atoms with E-state index in [2.05, 4.69) is 0 Å². The summed E-state index contributed by atoms with van der Waals surface area (Å²) in [5.41, 5.74) is 1.18. The molecule has 0 aliphatic carbocycles. The largest absolute Gasteiger partial charge is 0.465 e. The lowest BCUT2D eigenvalue weighted by molar-refractivity contribution is 0.0517. The van der Waals surface area contributed by atoms with Crippen molar-refractivity contribution >= 4 is 17.7 Å². The van der Waals surface area contributed by atoms with E-state index >= 15 is 0 Å². The molecule has 0 saturated carbocycles. The Morgan fingerprint density at radius 2 is 1.91 bits per heavy atom. The van der Waals surface area contributed by atoms with Crippen LogP contribution in [0, 0.1) is 5.82 Å². The fourth-order valence-electron chi connectivity index (χ4n) is 2.31. The minimum Gasteiger partial charge on any atom is -0.465 e. The molecular weight excluding hydrogens is 321 g/mol. The minimum atomic E-state index is -1.14. The molecule has 122 valence electrons. The first-order chi connectivity index (χ1) is 10.9. The molecule has 2 N–H and O–H groups in total. The third kappa shape index (κ3) is 4.21. The van der Waals surface area contributed by atoms with Crippen LogP contribution in [-0.2, 0) is 6.54 Å². The number of hydrogen-bond donors (Lipinski definition) is 2. The molecule has 0 heterocycles. The van der Waals surface area contributed by atoms with Gasteiger partial charge in [-0.15, -0.1) is 0 Å². The van der Waals surface area contributed by atoms with Gasteiger partial charge in [-0.1, -0.05) is 48.0 Å². The Morgan fingerprint density at radius 3 is 2.48 bits per heavy atom. The molecule has 1 amide bonds. The second-order valence-corrected chi connectivity index (χ2v) is 5.66. The van der Waals surface area contributed by atoms with Gasteiger partial charge in [-0.25, -0.2) is 9.18 Å². The van der Waals surface area contributed by atoms with Crippen LogP contribution in [0.1, 0.15) is 24.2 Å². The first-order valence-electron chi connectivity index (χ1n) is 7.06. The van der Waals surface area contributed by atoms with E-state index in [9.17, 15) is 19.4 Å². The zero-order chi connectivity index (χ0) is 17.0. The van der Waals surface area contributed by atoms with Gasteiger partial charge < -0.3 is 10.2 Å². The summed E-state index contributed by atoms with van der Waals surface area (Å²) in [7, 11) is 0. The number of nitrogens with zero attached hydrogens (tertiary/aromatic N) is 1. The number of benzene rings is 2. The summed E-state index contributed by atoms with van der Waals surface area (Å²) < 4.78 is 13.2. The topological polar surface area (TPSA) is 60.8 Å². The highest BCUT2D eigenvalue weighted by molar-refractivity contribution is 6.30. The Labute approximate surface area is 138 Å². The minimum absolute atomic E-state index is 0.112. The first-order valence-corrected chi connectivity index (χ1v) is 7.44. The predicted molar refractivity (Wildman–Crippen MR) is 85.8 cm³/mol. The van der Waals surface area contributed by atoms with Gasteiger partial charge >= 0.3 is 6.09 Å². The van der Waals surface area contributed by atoms with Gasteiger partial charge in [-0.05, 0) is 30.2 Å². The monoisotopic (exact) mass is 337 g/mol. The van der Waals surface area contributed by atoms with Gasteiger partial charge in [-0.2, -0.15) is 0 Å². The number of rotatable bonds is 5. The third-order valence-electron chi connectivity index (χ3n) is 3.68. The molecule has 2 rings (SSSR count). The fourth-order valence-corrected chi connectivity index (χ4v) is 2.50. The quantitative estimate of drug-likeness (QED) is 0.864. The van der Waals surface area contributed by atoms with Gasteiger partial charge in [0.2, 0.25) is 0 Å². The van der Waals surface area contributed by atoms with E-state index in [1.807, 2.05) is 30.3 Å². The highest BCUT2D eigenvalue weighted by Crippen LogP contribution is 2.26. The van der Waals surface area contributed by atoms with Crippen LogP contribution < -0.4 is 0 Å². The standard InChI is InChI=1S/C17H17ClFNO3/c1-11(16(21)13-7-8-15(19)14(18)9-13)20(17(22)23)10-12-5-3-2-4-6-12/h2-9,11,16,21H,10H2,1H3,(H,22,23)/t11-,16+/m0/s1. The summed E-state index contributed by atoms with van der Waals surface area (Å²) in [5, 5.41) is 19.7. The highest BCUT2D eigenvalue weighted by Gasteiger charge is 2.27. The Bertz CT molecular complexity index is 681. The Morgan fingerprint density at radius 1 is 1.26 bits per heavy atom. The molecule has 2 aromatic rings. The zero-order valence-electron chi connectivity index (χ0n) is 12.5. The summed E-state index contributed by atoms with van der Waals surface area (Å²) in [6, 6.07) is 12.2. The second-order valence-electron chi connectivity index (χ2n) is 5.26. The smallest absolute Gasteiger partial charge is 0.407 e. The highest BCUT2D eigenvalue weighted by atomic mass is 35.5. The summed E-state index contributed by atoms with van der Waals surface area (Å²) in [6.45, 7) is 1.74. The normalized spacial score (nSPS) is 13.4. The molecule has 6 heteroatoms.